The van der Waals surface area contributed by atoms with Gasteiger partial charge in [0.2, 0.25) is 0 Å². The second-order valence-corrected chi connectivity index (χ2v) is 5.27. The van der Waals surface area contributed by atoms with Crippen LogP contribution in [0.3, 0.4) is 0 Å². The molecular formula is C13H25NO2. The van der Waals surface area contributed by atoms with E-state index < -0.39 is 0 Å². The van der Waals surface area contributed by atoms with Gasteiger partial charge in [0, 0.05) is 0 Å². The van der Waals surface area contributed by atoms with Gasteiger partial charge < -0.3 is 9.64 Å². The Balaban J connectivity index is 2.55. The van der Waals surface area contributed by atoms with E-state index in [4.69, 9.17) is 4.74 Å². The molecule has 94 valence electrons. The van der Waals surface area contributed by atoms with E-state index >= 15 is 0 Å². The van der Waals surface area contributed by atoms with Gasteiger partial charge in [0.1, 0.15) is 0 Å². The largest absolute Gasteiger partial charge is 0.469 e. The second-order valence-electron chi connectivity index (χ2n) is 5.27. The minimum Gasteiger partial charge on any atom is -0.469 e. The van der Waals surface area contributed by atoms with Gasteiger partial charge in [0.25, 0.3) is 0 Å². The number of hydrogen-bond acceptors (Lipinski definition) is 3. The molecule has 1 rings (SSSR count). The van der Waals surface area contributed by atoms with Gasteiger partial charge >= 0.3 is 5.97 Å². The van der Waals surface area contributed by atoms with Crippen LogP contribution in [-0.2, 0) is 9.53 Å². The summed E-state index contributed by atoms with van der Waals surface area (Å²) in [6.07, 6.45) is 6.54. The molecule has 3 nitrogen and oxygen atoms in total. The van der Waals surface area contributed by atoms with Crippen LogP contribution in [0.5, 0.6) is 0 Å². The summed E-state index contributed by atoms with van der Waals surface area (Å²) in [5.41, 5.74) is -0.245. The molecule has 0 spiro atoms. The first-order chi connectivity index (χ1) is 7.58. The average Bonchev–Trinajstić information content (AvgIpc) is 2.29. The quantitative estimate of drug-likeness (QED) is 0.644. The van der Waals surface area contributed by atoms with Crippen LogP contribution in [0.2, 0.25) is 0 Å². The lowest BCUT2D eigenvalue weighted by molar-refractivity contribution is -0.152. The van der Waals surface area contributed by atoms with Gasteiger partial charge in [0.05, 0.1) is 12.5 Å². The molecule has 16 heavy (non-hydrogen) atoms. The number of nitrogens with zero attached hydrogens (tertiary/aromatic N) is 1. The van der Waals surface area contributed by atoms with Crippen molar-refractivity contribution in [2.45, 2.75) is 45.4 Å². The van der Waals surface area contributed by atoms with Crippen LogP contribution in [0.1, 0.15) is 45.4 Å². The maximum atomic E-state index is 11.8. The minimum absolute atomic E-state index is 0.0265. The Morgan fingerprint density at radius 1 is 1.12 bits per heavy atom. The van der Waals surface area contributed by atoms with Crippen molar-refractivity contribution in [2.75, 3.05) is 27.2 Å². The molecule has 0 saturated carbocycles. The summed E-state index contributed by atoms with van der Waals surface area (Å²) < 4.78 is 4.93. The molecule has 3 heteroatoms. The SMILES string of the molecule is COC(=O)C1(C)CCCCN(C)CCCC1. The fraction of sp³-hybridized carbons (Fsp3) is 0.923. The molecule has 0 bridgehead atoms. The van der Waals surface area contributed by atoms with Crippen LogP contribution >= 0.6 is 0 Å². The Morgan fingerprint density at radius 3 is 2.06 bits per heavy atom. The number of methoxy groups -OCH3 is 1. The van der Waals surface area contributed by atoms with Gasteiger partial charge in [-0.2, -0.15) is 0 Å². The third kappa shape index (κ3) is 3.78. The Morgan fingerprint density at radius 2 is 1.62 bits per heavy atom. The Labute approximate surface area is 99.1 Å². The van der Waals surface area contributed by atoms with Crippen molar-refractivity contribution < 1.29 is 9.53 Å². The standard InChI is InChI=1S/C13H25NO2/c1-13(12(15)16-3)8-4-6-10-14(2)11-7-5-9-13/h4-11H2,1-3H3. The van der Waals surface area contributed by atoms with Gasteiger partial charge in [0.15, 0.2) is 0 Å². The van der Waals surface area contributed by atoms with Crippen LogP contribution in [0, 0.1) is 5.41 Å². The third-order valence-electron chi connectivity index (χ3n) is 3.71. The number of rotatable bonds is 1. The molecule has 1 aliphatic rings. The van der Waals surface area contributed by atoms with E-state index in [1.165, 1.54) is 20.0 Å². The van der Waals surface area contributed by atoms with Crippen molar-refractivity contribution in [3.63, 3.8) is 0 Å². The summed E-state index contributed by atoms with van der Waals surface area (Å²) in [6, 6.07) is 0. The van der Waals surface area contributed by atoms with Crippen molar-refractivity contribution in [1.82, 2.24) is 4.90 Å². The molecule has 0 atom stereocenters. The lowest BCUT2D eigenvalue weighted by atomic mass is 9.80. The van der Waals surface area contributed by atoms with Crippen LogP contribution in [0.25, 0.3) is 0 Å². The topological polar surface area (TPSA) is 29.5 Å². The van der Waals surface area contributed by atoms with E-state index in [9.17, 15) is 4.79 Å². The highest BCUT2D eigenvalue weighted by Gasteiger charge is 2.33. The van der Waals surface area contributed by atoms with Gasteiger partial charge in [-0.15, -0.1) is 0 Å². The molecule has 1 heterocycles. The van der Waals surface area contributed by atoms with Crippen LogP contribution in [-0.4, -0.2) is 38.1 Å². The maximum absolute atomic E-state index is 11.8. The molecule has 0 aromatic rings. The molecule has 0 amide bonds. The number of carbonyl (C=O) groups excluding carboxylic acids is 1. The molecule has 0 aromatic carbocycles. The number of carbonyl (C=O) groups is 1. The first-order valence-electron chi connectivity index (χ1n) is 6.35. The lowest BCUT2D eigenvalue weighted by Crippen LogP contribution is -2.31. The zero-order valence-corrected chi connectivity index (χ0v) is 10.9. The Bertz CT molecular complexity index is 216. The summed E-state index contributed by atoms with van der Waals surface area (Å²) in [7, 11) is 3.68. The van der Waals surface area contributed by atoms with Gasteiger partial charge in [-0.05, 0) is 52.7 Å². The van der Waals surface area contributed by atoms with E-state index in [1.807, 2.05) is 0 Å². The van der Waals surface area contributed by atoms with Crippen LogP contribution in [0.4, 0.5) is 0 Å². The van der Waals surface area contributed by atoms with Crippen LogP contribution < -0.4 is 0 Å². The molecular weight excluding hydrogens is 202 g/mol. The summed E-state index contributed by atoms with van der Waals surface area (Å²) in [5, 5.41) is 0. The zero-order chi connectivity index (χ0) is 12.0. The first kappa shape index (κ1) is 13.5. The van der Waals surface area contributed by atoms with Crippen molar-refractivity contribution in [3.8, 4) is 0 Å². The summed E-state index contributed by atoms with van der Waals surface area (Å²) in [5.74, 6) is -0.0265. The van der Waals surface area contributed by atoms with E-state index in [1.54, 1.807) is 0 Å². The second kappa shape index (κ2) is 6.24. The molecule has 0 N–H and O–H groups in total. The van der Waals surface area contributed by atoms with Crippen molar-refractivity contribution in [1.29, 1.82) is 0 Å². The van der Waals surface area contributed by atoms with Crippen LogP contribution in [0.15, 0.2) is 0 Å². The van der Waals surface area contributed by atoms with E-state index in [2.05, 4.69) is 18.9 Å². The Kier molecular flexibility index (Phi) is 5.26. The number of hydrogen-bond donors (Lipinski definition) is 0. The molecule has 0 aromatic heterocycles. The molecule has 1 fully saturated rings. The third-order valence-corrected chi connectivity index (χ3v) is 3.71. The smallest absolute Gasteiger partial charge is 0.311 e. The highest BCUT2D eigenvalue weighted by molar-refractivity contribution is 5.76. The molecule has 0 aliphatic carbocycles. The van der Waals surface area contributed by atoms with Gasteiger partial charge in [-0.3, -0.25) is 4.79 Å². The van der Waals surface area contributed by atoms with Crippen molar-refractivity contribution in [3.05, 3.63) is 0 Å². The molecule has 0 radical (unpaired) electrons. The van der Waals surface area contributed by atoms with E-state index in [-0.39, 0.29) is 11.4 Å². The summed E-state index contributed by atoms with van der Waals surface area (Å²) >= 11 is 0. The predicted molar refractivity (Wildman–Crippen MR) is 65.3 cm³/mol. The fourth-order valence-corrected chi connectivity index (χ4v) is 2.48. The van der Waals surface area contributed by atoms with Crippen molar-refractivity contribution in [2.24, 2.45) is 5.41 Å². The fourth-order valence-electron chi connectivity index (χ4n) is 2.48. The minimum atomic E-state index is -0.245. The highest BCUT2D eigenvalue weighted by Crippen LogP contribution is 2.32. The monoisotopic (exact) mass is 227 g/mol. The van der Waals surface area contributed by atoms with Gasteiger partial charge in [-0.25, -0.2) is 0 Å². The average molecular weight is 227 g/mol. The predicted octanol–water partition coefficient (Wildman–Crippen LogP) is 2.45. The number of esters is 1. The van der Waals surface area contributed by atoms with E-state index in [0.29, 0.717) is 0 Å². The first-order valence-corrected chi connectivity index (χ1v) is 6.35. The maximum Gasteiger partial charge on any atom is 0.311 e. The lowest BCUT2D eigenvalue weighted by Gasteiger charge is -2.29. The summed E-state index contributed by atoms with van der Waals surface area (Å²) in [6.45, 7) is 4.36. The molecule has 1 saturated heterocycles. The Hall–Kier alpha value is -0.570. The van der Waals surface area contributed by atoms with Gasteiger partial charge in [-0.1, -0.05) is 12.8 Å². The highest BCUT2D eigenvalue weighted by atomic mass is 16.5. The zero-order valence-electron chi connectivity index (χ0n) is 10.9. The van der Waals surface area contributed by atoms with E-state index in [0.717, 1.165) is 38.8 Å². The number of ether oxygens (including phenoxy) is 1. The normalized spacial score (nSPS) is 23.7. The molecule has 1 aliphatic heterocycles. The molecule has 0 unspecified atom stereocenters. The summed E-state index contributed by atoms with van der Waals surface area (Å²) in [4.78, 5) is 14.2. The van der Waals surface area contributed by atoms with Crippen molar-refractivity contribution >= 4 is 5.97 Å².